The van der Waals surface area contributed by atoms with Crippen molar-refractivity contribution < 1.29 is 14.3 Å². The van der Waals surface area contributed by atoms with Crippen LogP contribution < -0.4 is 5.73 Å². The summed E-state index contributed by atoms with van der Waals surface area (Å²) in [7, 11) is 0. The smallest absolute Gasteiger partial charge is 0.340 e. The molecule has 0 saturated heterocycles. The standard InChI is InChI=1S/C11H18N2O3S/c1-6(2)7(12)9(14)16-10(15)8-11(3,4)17-5-13-8/h5-8H,12H2,1-4H3/t7-,8?/m0/s1. The summed E-state index contributed by atoms with van der Waals surface area (Å²) in [4.78, 5) is 27.3. The zero-order chi connectivity index (χ0) is 13.2. The molecule has 1 aliphatic rings. The molecule has 96 valence electrons. The number of aliphatic imine (C=N–C) groups is 1. The topological polar surface area (TPSA) is 81.8 Å². The summed E-state index contributed by atoms with van der Waals surface area (Å²) in [5, 5.41) is 0. The van der Waals surface area contributed by atoms with Gasteiger partial charge < -0.3 is 10.5 Å². The molecule has 17 heavy (non-hydrogen) atoms. The first kappa shape index (κ1) is 14.2. The summed E-state index contributed by atoms with van der Waals surface area (Å²) in [6.45, 7) is 7.35. The van der Waals surface area contributed by atoms with Gasteiger partial charge in [-0.3, -0.25) is 4.99 Å². The van der Waals surface area contributed by atoms with E-state index in [4.69, 9.17) is 10.5 Å². The molecular formula is C11H18N2O3S. The van der Waals surface area contributed by atoms with Crippen LogP contribution >= 0.6 is 11.8 Å². The Kier molecular flexibility index (Phi) is 4.32. The Hall–Kier alpha value is -0.880. The maximum atomic E-state index is 11.8. The summed E-state index contributed by atoms with van der Waals surface area (Å²) in [5.74, 6) is -1.38. The molecule has 0 aromatic carbocycles. The van der Waals surface area contributed by atoms with Gasteiger partial charge in [-0.2, -0.15) is 0 Å². The third-order valence-corrected chi connectivity index (χ3v) is 3.70. The van der Waals surface area contributed by atoms with Crippen LogP contribution in [0.3, 0.4) is 0 Å². The second-order valence-corrected chi connectivity index (χ2v) is 6.39. The zero-order valence-electron chi connectivity index (χ0n) is 10.5. The maximum absolute atomic E-state index is 11.8. The number of rotatable bonds is 3. The van der Waals surface area contributed by atoms with Gasteiger partial charge in [-0.1, -0.05) is 13.8 Å². The quantitative estimate of drug-likeness (QED) is 0.602. The Morgan fingerprint density at radius 3 is 2.47 bits per heavy atom. The molecule has 2 atom stereocenters. The van der Waals surface area contributed by atoms with E-state index in [-0.39, 0.29) is 10.7 Å². The number of thioether (sulfide) groups is 1. The van der Waals surface area contributed by atoms with Crippen LogP contribution in [0.1, 0.15) is 27.7 Å². The van der Waals surface area contributed by atoms with Crippen LogP contribution in [0.15, 0.2) is 4.99 Å². The van der Waals surface area contributed by atoms with Crippen molar-refractivity contribution in [3.05, 3.63) is 0 Å². The Bertz CT molecular complexity index is 353. The second-order valence-electron chi connectivity index (χ2n) is 4.89. The molecular weight excluding hydrogens is 240 g/mol. The number of nitrogens with zero attached hydrogens (tertiary/aromatic N) is 1. The number of esters is 2. The van der Waals surface area contributed by atoms with Crippen LogP contribution in [0.25, 0.3) is 0 Å². The van der Waals surface area contributed by atoms with Gasteiger partial charge in [0, 0.05) is 4.75 Å². The normalized spacial score (nSPS) is 23.8. The van der Waals surface area contributed by atoms with E-state index in [9.17, 15) is 9.59 Å². The first-order chi connectivity index (χ1) is 7.75. The van der Waals surface area contributed by atoms with Gasteiger partial charge in [0.25, 0.3) is 0 Å². The van der Waals surface area contributed by atoms with Gasteiger partial charge in [-0.05, 0) is 19.8 Å². The Balaban J connectivity index is 2.61. The van der Waals surface area contributed by atoms with Crippen molar-refractivity contribution in [3.63, 3.8) is 0 Å². The van der Waals surface area contributed by atoms with Gasteiger partial charge in [0.2, 0.25) is 0 Å². The summed E-state index contributed by atoms with van der Waals surface area (Å²) < 4.78 is 4.39. The van der Waals surface area contributed by atoms with Crippen molar-refractivity contribution >= 4 is 29.2 Å². The number of hydrogen-bond acceptors (Lipinski definition) is 6. The van der Waals surface area contributed by atoms with Crippen LogP contribution in [0, 0.1) is 5.92 Å². The summed E-state index contributed by atoms with van der Waals surface area (Å²) in [6.07, 6.45) is 0. The zero-order valence-corrected chi connectivity index (χ0v) is 11.3. The molecule has 0 amide bonds. The van der Waals surface area contributed by atoms with Crippen LogP contribution in [-0.4, -0.2) is 34.3 Å². The predicted molar refractivity (Wildman–Crippen MR) is 67.9 cm³/mol. The Morgan fingerprint density at radius 1 is 1.47 bits per heavy atom. The molecule has 0 bridgehead atoms. The molecule has 1 aliphatic heterocycles. The minimum atomic E-state index is -0.778. The van der Waals surface area contributed by atoms with Crippen molar-refractivity contribution in [1.82, 2.24) is 0 Å². The number of hydrogen-bond donors (Lipinski definition) is 1. The first-order valence-electron chi connectivity index (χ1n) is 5.46. The predicted octanol–water partition coefficient (Wildman–Crippen LogP) is 0.962. The minimum absolute atomic E-state index is 0.0650. The highest BCUT2D eigenvalue weighted by Crippen LogP contribution is 2.34. The number of nitrogens with two attached hydrogens (primary N) is 1. The van der Waals surface area contributed by atoms with E-state index in [2.05, 4.69) is 4.99 Å². The van der Waals surface area contributed by atoms with E-state index >= 15 is 0 Å². The fourth-order valence-corrected chi connectivity index (χ4v) is 2.05. The fourth-order valence-electron chi connectivity index (χ4n) is 1.31. The largest absolute Gasteiger partial charge is 0.390 e. The van der Waals surface area contributed by atoms with Crippen molar-refractivity contribution in [1.29, 1.82) is 0 Å². The van der Waals surface area contributed by atoms with Crippen molar-refractivity contribution in [2.24, 2.45) is 16.6 Å². The van der Waals surface area contributed by atoms with Gasteiger partial charge in [-0.15, -0.1) is 11.8 Å². The van der Waals surface area contributed by atoms with Crippen molar-refractivity contribution in [2.75, 3.05) is 0 Å². The molecule has 1 rings (SSSR count). The molecule has 1 heterocycles. The summed E-state index contributed by atoms with van der Waals surface area (Å²) >= 11 is 1.44. The van der Waals surface area contributed by atoms with Crippen molar-refractivity contribution in [2.45, 2.75) is 44.5 Å². The molecule has 0 spiro atoms. The third-order valence-electron chi connectivity index (χ3n) is 2.64. The Morgan fingerprint density at radius 2 is 2.06 bits per heavy atom. The monoisotopic (exact) mass is 258 g/mol. The minimum Gasteiger partial charge on any atom is -0.390 e. The molecule has 1 unspecified atom stereocenters. The Labute approximate surface area is 105 Å². The van der Waals surface area contributed by atoms with E-state index in [0.29, 0.717) is 0 Å². The molecule has 0 fully saturated rings. The molecule has 0 aromatic heterocycles. The van der Waals surface area contributed by atoms with Gasteiger partial charge in [0.15, 0.2) is 6.04 Å². The van der Waals surface area contributed by atoms with Gasteiger partial charge in [0.1, 0.15) is 6.04 Å². The molecule has 6 heteroatoms. The van der Waals surface area contributed by atoms with E-state index in [0.717, 1.165) is 0 Å². The van der Waals surface area contributed by atoms with Crippen LogP contribution in [0.2, 0.25) is 0 Å². The van der Waals surface area contributed by atoms with E-state index in [1.165, 1.54) is 11.8 Å². The highest BCUT2D eigenvalue weighted by atomic mass is 32.2. The van der Waals surface area contributed by atoms with E-state index in [1.54, 1.807) is 19.4 Å². The summed E-state index contributed by atoms with van der Waals surface area (Å²) in [6, 6.07) is -1.42. The molecule has 0 aliphatic carbocycles. The number of carbonyl (C=O) groups excluding carboxylic acids is 2. The SMILES string of the molecule is CC(C)[C@H](N)C(=O)OC(=O)C1N=CSC1(C)C. The lowest BCUT2D eigenvalue weighted by atomic mass is 10.0. The lowest BCUT2D eigenvalue weighted by molar-refractivity contribution is -0.162. The fraction of sp³-hybridized carbons (Fsp3) is 0.727. The molecule has 0 radical (unpaired) electrons. The molecule has 5 nitrogen and oxygen atoms in total. The lowest BCUT2D eigenvalue weighted by Gasteiger charge is -2.22. The van der Waals surface area contributed by atoms with E-state index in [1.807, 2.05) is 13.8 Å². The average Bonchev–Trinajstić information content (AvgIpc) is 2.56. The van der Waals surface area contributed by atoms with Crippen LogP contribution in [0.5, 0.6) is 0 Å². The van der Waals surface area contributed by atoms with Crippen LogP contribution in [-0.2, 0) is 14.3 Å². The first-order valence-corrected chi connectivity index (χ1v) is 6.34. The average molecular weight is 258 g/mol. The van der Waals surface area contributed by atoms with E-state index < -0.39 is 24.0 Å². The van der Waals surface area contributed by atoms with Gasteiger partial charge in [0.05, 0.1) is 5.55 Å². The number of ether oxygens (including phenoxy) is 1. The molecule has 0 saturated carbocycles. The lowest BCUT2D eigenvalue weighted by Crippen LogP contribution is -2.43. The van der Waals surface area contributed by atoms with Crippen LogP contribution in [0.4, 0.5) is 0 Å². The van der Waals surface area contributed by atoms with Crippen molar-refractivity contribution in [3.8, 4) is 0 Å². The highest BCUT2D eigenvalue weighted by Gasteiger charge is 2.41. The van der Waals surface area contributed by atoms with Gasteiger partial charge >= 0.3 is 11.9 Å². The van der Waals surface area contributed by atoms with Gasteiger partial charge in [-0.25, -0.2) is 9.59 Å². The molecule has 2 N–H and O–H groups in total. The maximum Gasteiger partial charge on any atom is 0.340 e. The third kappa shape index (κ3) is 3.29. The highest BCUT2D eigenvalue weighted by molar-refractivity contribution is 8.13. The second kappa shape index (κ2) is 5.18. The summed E-state index contributed by atoms with van der Waals surface area (Å²) in [5.41, 5.74) is 7.21. The number of carbonyl (C=O) groups is 2. The molecule has 0 aromatic rings.